The van der Waals surface area contributed by atoms with E-state index in [4.69, 9.17) is 5.73 Å². The van der Waals surface area contributed by atoms with Crippen LogP contribution in [0.5, 0.6) is 0 Å². The highest BCUT2D eigenvalue weighted by molar-refractivity contribution is 6.06. The number of aromatic nitrogens is 2. The van der Waals surface area contributed by atoms with Gasteiger partial charge < -0.3 is 15.5 Å². The Bertz CT molecular complexity index is 899. The highest BCUT2D eigenvalue weighted by Crippen LogP contribution is 2.28. The van der Waals surface area contributed by atoms with E-state index in [1.807, 2.05) is 37.1 Å². The van der Waals surface area contributed by atoms with Gasteiger partial charge in [-0.2, -0.15) is 5.10 Å². The first-order valence-electron chi connectivity index (χ1n) is 10.1. The van der Waals surface area contributed by atoms with Crippen LogP contribution in [0.25, 0.3) is 10.9 Å². The van der Waals surface area contributed by atoms with Crippen LogP contribution < -0.4 is 10.6 Å². The van der Waals surface area contributed by atoms with Gasteiger partial charge in [0.15, 0.2) is 5.69 Å². The van der Waals surface area contributed by atoms with E-state index in [-0.39, 0.29) is 5.91 Å². The normalized spacial score (nSPS) is 21.7. The van der Waals surface area contributed by atoms with Crippen LogP contribution >= 0.6 is 0 Å². The average molecular weight is 384 g/mol. The molecular weight excluding hydrogens is 356 g/mol. The molecule has 8 nitrogen and oxygen atoms in total. The fourth-order valence-electron chi connectivity index (χ4n) is 4.45. The van der Waals surface area contributed by atoms with Gasteiger partial charge in [-0.15, -0.1) is 0 Å². The second-order valence-corrected chi connectivity index (χ2v) is 7.73. The fraction of sp³-hybridized carbons (Fsp3) is 0.550. The Hall–Kier alpha value is -2.61. The van der Waals surface area contributed by atoms with Gasteiger partial charge in [-0.05, 0) is 37.5 Å². The molecule has 0 unspecified atom stereocenters. The van der Waals surface area contributed by atoms with Crippen LogP contribution in [-0.2, 0) is 7.05 Å². The zero-order chi connectivity index (χ0) is 19.8. The van der Waals surface area contributed by atoms with Crippen molar-refractivity contribution in [3.8, 4) is 0 Å². The Morgan fingerprint density at radius 1 is 1.21 bits per heavy atom. The number of amides is 3. The molecule has 5 rings (SSSR count). The van der Waals surface area contributed by atoms with E-state index in [2.05, 4.69) is 10.00 Å². The number of carbonyl (C=O) groups is 2. The fourth-order valence-corrected chi connectivity index (χ4v) is 4.45. The molecule has 4 heterocycles. The lowest BCUT2D eigenvalue weighted by Crippen LogP contribution is -2.41. The number of primary amides is 1. The van der Waals surface area contributed by atoms with E-state index >= 15 is 0 Å². The van der Waals surface area contributed by atoms with Gasteiger partial charge in [-0.25, -0.2) is 4.79 Å². The van der Waals surface area contributed by atoms with Gasteiger partial charge in [0, 0.05) is 56.9 Å². The third-order valence-corrected chi connectivity index (χ3v) is 5.98. The summed E-state index contributed by atoms with van der Waals surface area (Å²) >= 11 is 0. The van der Waals surface area contributed by atoms with Crippen LogP contribution in [0, 0.1) is 0 Å². The number of anilines is 1. The minimum atomic E-state index is -0.477. The van der Waals surface area contributed by atoms with Crippen LogP contribution in [-0.4, -0.2) is 70.3 Å². The SMILES string of the molecule is CCCN(C(N)=O)c1ccc2c(C(=O)N3CCN4CCC3CC4)nn(C)c2c1. The standard InChI is InChI=1S/C20H28N6O2/c1-3-8-26(20(21)28)15-4-5-16-17(13-15)23(2)22-18(16)19(27)25-12-11-24-9-6-14(25)7-10-24/h4-5,13-14H,3,6-12H2,1-2H3,(H2,21,28). The van der Waals surface area contributed by atoms with Gasteiger partial charge in [0.2, 0.25) is 0 Å². The number of urea groups is 1. The van der Waals surface area contributed by atoms with E-state index in [1.54, 1.807) is 9.58 Å². The molecule has 0 atom stereocenters. The Morgan fingerprint density at radius 2 is 1.96 bits per heavy atom. The Labute approximate surface area is 164 Å². The smallest absolute Gasteiger partial charge is 0.319 e. The molecule has 0 radical (unpaired) electrons. The molecule has 0 aliphatic carbocycles. The summed E-state index contributed by atoms with van der Waals surface area (Å²) in [5.41, 5.74) is 7.58. The number of hydrogen-bond acceptors (Lipinski definition) is 4. The van der Waals surface area contributed by atoms with E-state index in [1.165, 1.54) is 0 Å². The summed E-state index contributed by atoms with van der Waals surface area (Å²) in [4.78, 5) is 31.1. The number of benzene rings is 1. The zero-order valence-electron chi connectivity index (χ0n) is 16.6. The maximum Gasteiger partial charge on any atom is 0.319 e. The number of rotatable bonds is 4. The molecule has 28 heavy (non-hydrogen) atoms. The van der Waals surface area contributed by atoms with Crippen LogP contribution in [0.2, 0.25) is 0 Å². The predicted molar refractivity (Wildman–Crippen MR) is 108 cm³/mol. The van der Waals surface area contributed by atoms with Crippen LogP contribution in [0.15, 0.2) is 18.2 Å². The van der Waals surface area contributed by atoms with Crippen molar-refractivity contribution in [1.82, 2.24) is 19.6 Å². The van der Waals surface area contributed by atoms with Crippen molar-refractivity contribution in [2.75, 3.05) is 37.6 Å². The Morgan fingerprint density at radius 3 is 2.64 bits per heavy atom. The van der Waals surface area contributed by atoms with E-state index < -0.39 is 6.03 Å². The number of hydrogen-bond donors (Lipinski definition) is 1. The van der Waals surface area contributed by atoms with Crippen molar-refractivity contribution in [2.45, 2.75) is 32.2 Å². The van der Waals surface area contributed by atoms with Crippen molar-refractivity contribution >= 4 is 28.5 Å². The molecule has 3 amide bonds. The van der Waals surface area contributed by atoms with Gasteiger partial charge in [0.05, 0.1) is 5.52 Å². The number of piperidine rings is 1. The maximum atomic E-state index is 13.3. The number of nitrogens with zero attached hydrogens (tertiary/aromatic N) is 5. The summed E-state index contributed by atoms with van der Waals surface area (Å²) < 4.78 is 1.72. The second-order valence-electron chi connectivity index (χ2n) is 7.73. The molecule has 2 N–H and O–H groups in total. The first-order valence-corrected chi connectivity index (χ1v) is 10.1. The predicted octanol–water partition coefficient (Wildman–Crippen LogP) is 1.79. The Balaban J connectivity index is 1.68. The molecule has 2 bridgehead atoms. The first-order chi connectivity index (χ1) is 13.5. The summed E-state index contributed by atoms with van der Waals surface area (Å²) in [6.07, 6.45) is 2.87. The van der Waals surface area contributed by atoms with Crippen LogP contribution in [0.3, 0.4) is 0 Å². The van der Waals surface area contributed by atoms with Gasteiger partial charge in [0.25, 0.3) is 5.91 Å². The molecule has 0 spiro atoms. The maximum absolute atomic E-state index is 13.3. The van der Waals surface area contributed by atoms with Crippen LogP contribution in [0.1, 0.15) is 36.7 Å². The topological polar surface area (TPSA) is 87.7 Å². The van der Waals surface area contributed by atoms with E-state index in [0.717, 1.165) is 62.0 Å². The quantitative estimate of drug-likeness (QED) is 0.871. The van der Waals surface area contributed by atoms with Gasteiger partial charge in [-0.1, -0.05) is 6.92 Å². The van der Waals surface area contributed by atoms with Crippen LogP contribution in [0.4, 0.5) is 10.5 Å². The number of nitrogens with two attached hydrogens (primary N) is 1. The molecule has 0 saturated carbocycles. The van der Waals surface area contributed by atoms with Gasteiger partial charge in [-0.3, -0.25) is 14.4 Å². The van der Waals surface area contributed by atoms with Crippen molar-refractivity contribution < 1.29 is 9.59 Å². The molecule has 3 aliphatic heterocycles. The summed E-state index contributed by atoms with van der Waals surface area (Å²) in [6.45, 7) is 6.38. The average Bonchev–Trinajstić information content (AvgIpc) is 2.84. The number of fused-ring (bicyclic) bond motifs is 5. The highest BCUT2D eigenvalue weighted by atomic mass is 16.2. The summed E-state index contributed by atoms with van der Waals surface area (Å²) in [5.74, 6) is 0.00687. The van der Waals surface area contributed by atoms with Crippen molar-refractivity contribution in [3.05, 3.63) is 23.9 Å². The third-order valence-electron chi connectivity index (χ3n) is 5.98. The molecule has 8 heteroatoms. The summed E-state index contributed by atoms with van der Waals surface area (Å²) in [6, 6.07) is 5.45. The largest absolute Gasteiger partial charge is 0.351 e. The lowest BCUT2D eigenvalue weighted by atomic mass is 10.0. The van der Waals surface area contributed by atoms with E-state index in [0.29, 0.717) is 18.3 Å². The van der Waals surface area contributed by atoms with Crippen molar-refractivity contribution in [3.63, 3.8) is 0 Å². The lowest BCUT2D eigenvalue weighted by Gasteiger charge is -2.31. The molecule has 3 aliphatic rings. The molecular formula is C20H28N6O2. The highest BCUT2D eigenvalue weighted by Gasteiger charge is 2.34. The van der Waals surface area contributed by atoms with E-state index in [9.17, 15) is 9.59 Å². The first kappa shape index (κ1) is 18.7. The number of carbonyl (C=O) groups excluding carboxylic acids is 2. The second kappa shape index (κ2) is 7.43. The molecule has 2 aromatic rings. The molecule has 3 saturated heterocycles. The minimum absolute atomic E-state index is 0.00687. The zero-order valence-corrected chi connectivity index (χ0v) is 16.6. The van der Waals surface area contributed by atoms with Crippen molar-refractivity contribution in [2.24, 2.45) is 12.8 Å². The monoisotopic (exact) mass is 384 g/mol. The molecule has 150 valence electrons. The minimum Gasteiger partial charge on any atom is -0.351 e. The van der Waals surface area contributed by atoms with Gasteiger partial charge >= 0.3 is 6.03 Å². The number of aryl methyl sites for hydroxylation is 1. The Kier molecular flexibility index (Phi) is 4.97. The summed E-state index contributed by atoms with van der Waals surface area (Å²) in [5, 5.41) is 5.36. The third kappa shape index (κ3) is 3.22. The molecule has 1 aromatic carbocycles. The molecule has 1 aromatic heterocycles. The lowest BCUT2D eigenvalue weighted by molar-refractivity contribution is 0.0680. The molecule has 3 fully saturated rings. The van der Waals surface area contributed by atoms with Gasteiger partial charge in [0.1, 0.15) is 0 Å². The van der Waals surface area contributed by atoms with Crippen molar-refractivity contribution in [1.29, 1.82) is 0 Å². The summed E-state index contributed by atoms with van der Waals surface area (Å²) in [7, 11) is 1.83.